The zero-order valence-corrected chi connectivity index (χ0v) is 16.9. The second kappa shape index (κ2) is 8.87. The van der Waals surface area contributed by atoms with Gasteiger partial charge in [-0.3, -0.25) is 14.5 Å². The lowest BCUT2D eigenvalue weighted by Crippen LogP contribution is -2.52. The monoisotopic (exact) mass is 379 g/mol. The molecule has 0 radical (unpaired) electrons. The molecule has 1 saturated heterocycles. The first kappa shape index (κ1) is 20.7. The molecule has 1 aliphatic rings. The number of hydrogen-bond acceptors (Lipinski definition) is 3. The number of carbonyl (C=O) groups excluding carboxylic acids is 2. The first-order valence-corrected chi connectivity index (χ1v) is 9.61. The first-order chi connectivity index (χ1) is 12.1. The molecule has 1 aromatic rings. The summed E-state index contributed by atoms with van der Waals surface area (Å²) in [6.07, 6.45) is 1.83. The van der Waals surface area contributed by atoms with E-state index in [0.29, 0.717) is 0 Å². The maximum absolute atomic E-state index is 12.3. The average molecular weight is 380 g/mol. The number of piperidine rings is 1. The van der Waals surface area contributed by atoms with E-state index in [2.05, 4.69) is 27.7 Å². The molecular weight excluding hydrogens is 350 g/mol. The number of halogens is 1. The molecule has 26 heavy (non-hydrogen) atoms. The van der Waals surface area contributed by atoms with Crippen molar-refractivity contribution in [3.63, 3.8) is 0 Å². The molecule has 0 saturated carbocycles. The van der Waals surface area contributed by atoms with Crippen LogP contribution in [-0.4, -0.2) is 41.9 Å². The summed E-state index contributed by atoms with van der Waals surface area (Å²) in [4.78, 5) is 26.7. The fraction of sp³-hybridized carbons (Fsp3) is 0.600. The van der Waals surface area contributed by atoms with Crippen molar-refractivity contribution in [1.29, 1.82) is 0 Å². The lowest BCUT2D eigenvalue weighted by molar-refractivity contribution is -0.133. The van der Waals surface area contributed by atoms with E-state index in [9.17, 15) is 9.59 Å². The molecule has 144 valence electrons. The van der Waals surface area contributed by atoms with Crippen molar-refractivity contribution in [3.05, 3.63) is 34.9 Å². The van der Waals surface area contributed by atoms with E-state index in [-0.39, 0.29) is 17.9 Å². The smallest absolute Gasteiger partial charge is 0.242 e. The van der Waals surface area contributed by atoms with Gasteiger partial charge in [0.1, 0.15) is 6.04 Å². The number of likely N-dealkylation sites (tertiary alicyclic amines) is 1. The molecule has 0 aliphatic carbocycles. The van der Waals surface area contributed by atoms with Gasteiger partial charge in [0.2, 0.25) is 11.8 Å². The first-order valence-electron chi connectivity index (χ1n) is 9.23. The molecule has 0 aromatic heterocycles. The van der Waals surface area contributed by atoms with Crippen molar-refractivity contribution in [2.45, 2.75) is 59.2 Å². The van der Waals surface area contributed by atoms with Crippen LogP contribution in [0.1, 0.15) is 46.1 Å². The van der Waals surface area contributed by atoms with Gasteiger partial charge >= 0.3 is 0 Å². The molecule has 5 nitrogen and oxygen atoms in total. The van der Waals surface area contributed by atoms with Gasteiger partial charge in [0.25, 0.3) is 0 Å². The number of carbonyl (C=O) groups is 2. The third-order valence-electron chi connectivity index (χ3n) is 4.68. The van der Waals surface area contributed by atoms with Crippen LogP contribution in [0.15, 0.2) is 24.3 Å². The molecule has 1 heterocycles. The summed E-state index contributed by atoms with van der Waals surface area (Å²) in [6.45, 7) is 10.0. The average Bonchev–Trinajstić information content (AvgIpc) is 2.57. The highest BCUT2D eigenvalue weighted by Crippen LogP contribution is 2.16. The summed E-state index contributed by atoms with van der Waals surface area (Å²) < 4.78 is 0. The van der Waals surface area contributed by atoms with Crippen molar-refractivity contribution in [2.24, 2.45) is 5.41 Å². The number of hydrogen-bond donors (Lipinski definition) is 2. The van der Waals surface area contributed by atoms with E-state index < -0.39 is 11.5 Å². The van der Waals surface area contributed by atoms with Crippen LogP contribution in [0.5, 0.6) is 0 Å². The summed E-state index contributed by atoms with van der Waals surface area (Å²) in [7, 11) is 0. The summed E-state index contributed by atoms with van der Waals surface area (Å²) in [5.41, 5.74) is 0.747. The molecule has 1 aliphatic heterocycles. The highest BCUT2D eigenvalue weighted by atomic mass is 35.5. The highest BCUT2D eigenvalue weighted by molar-refractivity contribution is 6.30. The molecule has 1 aromatic carbocycles. The minimum Gasteiger partial charge on any atom is -0.351 e. The maximum Gasteiger partial charge on any atom is 0.242 e. The van der Waals surface area contributed by atoms with Gasteiger partial charge in [-0.05, 0) is 37.5 Å². The normalized spacial score (nSPS) is 17.6. The van der Waals surface area contributed by atoms with Crippen molar-refractivity contribution >= 4 is 23.4 Å². The fourth-order valence-electron chi connectivity index (χ4n) is 2.89. The fourth-order valence-corrected chi connectivity index (χ4v) is 3.01. The van der Waals surface area contributed by atoms with Crippen molar-refractivity contribution in [2.75, 3.05) is 13.1 Å². The standard InChI is InChI=1S/C20H30ClN3O2/c1-14(22-19(26)20(2,3)4)18(25)23-17-9-11-24(12-10-17)13-15-5-7-16(21)8-6-15/h5-8,14,17H,9-13H2,1-4H3,(H,22,26)(H,23,25). The summed E-state index contributed by atoms with van der Waals surface area (Å²) in [6, 6.07) is 7.58. The van der Waals surface area contributed by atoms with Gasteiger partial charge < -0.3 is 10.6 Å². The third kappa shape index (κ3) is 6.29. The lowest BCUT2D eigenvalue weighted by atomic mass is 9.95. The molecule has 2 N–H and O–H groups in total. The third-order valence-corrected chi connectivity index (χ3v) is 4.93. The maximum atomic E-state index is 12.3. The van der Waals surface area contributed by atoms with Crippen LogP contribution in [-0.2, 0) is 16.1 Å². The Bertz CT molecular complexity index is 617. The number of rotatable bonds is 5. The van der Waals surface area contributed by atoms with Gasteiger partial charge in [-0.1, -0.05) is 44.5 Å². The largest absolute Gasteiger partial charge is 0.351 e. The molecule has 1 unspecified atom stereocenters. The Labute approximate surface area is 161 Å². The van der Waals surface area contributed by atoms with Crippen LogP contribution in [0.25, 0.3) is 0 Å². The van der Waals surface area contributed by atoms with E-state index in [1.165, 1.54) is 5.56 Å². The Balaban J connectivity index is 1.74. The predicted octanol–water partition coefficient (Wildman–Crippen LogP) is 2.97. The van der Waals surface area contributed by atoms with Crippen LogP contribution < -0.4 is 10.6 Å². The Hall–Kier alpha value is -1.59. The van der Waals surface area contributed by atoms with Crippen LogP contribution in [0.4, 0.5) is 0 Å². The van der Waals surface area contributed by atoms with Gasteiger partial charge in [-0.25, -0.2) is 0 Å². The molecular formula is C20H30ClN3O2. The zero-order chi connectivity index (χ0) is 19.3. The molecule has 0 bridgehead atoms. The zero-order valence-electron chi connectivity index (χ0n) is 16.1. The Morgan fingerprint density at radius 2 is 1.77 bits per heavy atom. The van der Waals surface area contributed by atoms with Gasteiger partial charge in [0.15, 0.2) is 0 Å². The van der Waals surface area contributed by atoms with E-state index in [0.717, 1.165) is 37.5 Å². The van der Waals surface area contributed by atoms with Gasteiger partial charge in [0, 0.05) is 36.1 Å². The second-order valence-corrected chi connectivity index (χ2v) is 8.57. The van der Waals surface area contributed by atoms with Gasteiger partial charge in [-0.2, -0.15) is 0 Å². The molecule has 6 heteroatoms. The SMILES string of the molecule is CC(NC(=O)C(C)(C)C)C(=O)NC1CCN(Cc2ccc(Cl)cc2)CC1. The Kier molecular flexibility index (Phi) is 7.07. The van der Waals surface area contributed by atoms with E-state index in [1.54, 1.807) is 6.92 Å². The quantitative estimate of drug-likeness (QED) is 0.826. The van der Waals surface area contributed by atoms with Crippen LogP contribution >= 0.6 is 11.6 Å². The van der Waals surface area contributed by atoms with Crippen molar-refractivity contribution < 1.29 is 9.59 Å². The number of benzene rings is 1. The Morgan fingerprint density at radius 3 is 2.31 bits per heavy atom. The number of nitrogens with one attached hydrogen (secondary N) is 2. The molecule has 1 fully saturated rings. The number of nitrogens with zero attached hydrogens (tertiary/aromatic N) is 1. The topological polar surface area (TPSA) is 61.4 Å². The summed E-state index contributed by atoms with van der Waals surface area (Å²) in [5.74, 6) is -0.225. The minimum atomic E-state index is -0.520. The van der Waals surface area contributed by atoms with E-state index in [1.807, 2.05) is 32.9 Å². The van der Waals surface area contributed by atoms with Crippen LogP contribution in [0, 0.1) is 5.41 Å². The number of amides is 2. The minimum absolute atomic E-state index is 0.112. The van der Waals surface area contributed by atoms with E-state index >= 15 is 0 Å². The van der Waals surface area contributed by atoms with Crippen molar-refractivity contribution in [3.8, 4) is 0 Å². The summed E-state index contributed by atoms with van der Waals surface area (Å²) >= 11 is 5.92. The van der Waals surface area contributed by atoms with Crippen molar-refractivity contribution in [1.82, 2.24) is 15.5 Å². The molecule has 2 rings (SSSR count). The predicted molar refractivity (Wildman–Crippen MR) is 105 cm³/mol. The molecule has 2 amide bonds. The Morgan fingerprint density at radius 1 is 1.19 bits per heavy atom. The van der Waals surface area contributed by atoms with Gasteiger partial charge in [0.05, 0.1) is 0 Å². The highest BCUT2D eigenvalue weighted by Gasteiger charge is 2.27. The van der Waals surface area contributed by atoms with E-state index in [4.69, 9.17) is 11.6 Å². The summed E-state index contributed by atoms with van der Waals surface area (Å²) in [5, 5.41) is 6.61. The van der Waals surface area contributed by atoms with Crippen LogP contribution in [0.2, 0.25) is 5.02 Å². The molecule has 0 spiro atoms. The van der Waals surface area contributed by atoms with Gasteiger partial charge in [-0.15, -0.1) is 0 Å². The second-order valence-electron chi connectivity index (χ2n) is 8.13. The lowest BCUT2D eigenvalue weighted by Gasteiger charge is -2.33. The van der Waals surface area contributed by atoms with Crippen LogP contribution in [0.3, 0.4) is 0 Å². The molecule has 1 atom stereocenters.